The fraction of sp³-hybridized carbons (Fsp3) is 0. The Hall–Kier alpha value is -6.92. The van der Waals surface area contributed by atoms with Gasteiger partial charge in [-0.3, -0.25) is 9.36 Å². The number of aromatic nitrogens is 4. The summed E-state index contributed by atoms with van der Waals surface area (Å²) in [4.78, 5) is 28.4. The van der Waals surface area contributed by atoms with Crippen LogP contribution in [0.25, 0.3) is 77.3 Å². The first-order chi connectivity index (χ1) is 24.7. The Labute approximate surface area is 285 Å². The number of hydrogen-bond acceptors (Lipinski definition) is 2. The van der Waals surface area contributed by atoms with Gasteiger partial charge in [-0.25, -0.2) is 9.36 Å². The lowest BCUT2D eigenvalue weighted by Gasteiger charge is -2.16. The van der Waals surface area contributed by atoms with Crippen molar-refractivity contribution in [3.8, 4) is 22.7 Å². The molecule has 10 aromatic rings. The third-order valence-corrected chi connectivity index (χ3v) is 9.85. The molecule has 0 aliphatic rings. The topological polar surface area (TPSA) is 53.9 Å². The second-order valence-corrected chi connectivity index (χ2v) is 12.5. The summed E-state index contributed by atoms with van der Waals surface area (Å²) < 4.78 is 7.37. The Morgan fingerprint density at radius 2 is 0.520 bits per heavy atom. The summed E-state index contributed by atoms with van der Waals surface area (Å²) in [5.41, 5.74) is 7.30. The number of rotatable bonds is 4. The van der Waals surface area contributed by atoms with Gasteiger partial charge in [-0.1, -0.05) is 84.9 Å². The minimum absolute atomic E-state index is 0.353. The quantitative estimate of drug-likeness (QED) is 0.192. The molecule has 0 unspecified atom stereocenters. The Balaban J connectivity index is 1.12. The lowest BCUT2D eigenvalue weighted by molar-refractivity contribution is 0.834. The fourth-order valence-electron chi connectivity index (χ4n) is 7.64. The second-order valence-electron chi connectivity index (χ2n) is 12.5. The fourth-order valence-corrected chi connectivity index (χ4v) is 7.64. The molecule has 6 heteroatoms. The molecular formula is C44H28N4O2. The largest absolute Gasteiger partial charge is 0.340 e. The molecule has 3 heterocycles. The van der Waals surface area contributed by atoms with Crippen LogP contribution >= 0.6 is 0 Å². The van der Waals surface area contributed by atoms with Crippen LogP contribution in [-0.4, -0.2) is 18.3 Å². The van der Waals surface area contributed by atoms with Crippen LogP contribution in [0, 0.1) is 0 Å². The van der Waals surface area contributed by atoms with Crippen molar-refractivity contribution in [3.05, 3.63) is 191 Å². The maximum Gasteiger partial charge on any atom is 0.340 e. The summed E-state index contributed by atoms with van der Waals surface area (Å²) >= 11 is 0. The number of benzene rings is 7. The molecule has 0 aliphatic carbocycles. The van der Waals surface area contributed by atoms with Gasteiger partial charge < -0.3 is 9.13 Å². The highest BCUT2D eigenvalue weighted by molar-refractivity contribution is 6.10. The van der Waals surface area contributed by atoms with Crippen molar-refractivity contribution < 1.29 is 0 Å². The summed E-state index contributed by atoms with van der Waals surface area (Å²) in [6.07, 6.45) is 0. The lowest BCUT2D eigenvalue weighted by atomic mass is 10.2. The molecule has 0 bridgehead atoms. The molecule has 0 fully saturated rings. The average molecular weight is 645 g/mol. The molecule has 0 spiro atoms. The zero-order chi connectivity index (χ0) is 33.3. The molecule has 50 heavy (non-hydrogen) atoms. The highest BCUT2D eigenvalue weighted by atomic mass is 16.2. The third kappa shape index (κ3) is 4.02. The van der Waals surface area contributed by atoms with Crippen molar-refractivity contribution in [3.63, 3.8) is 0 Å². The summed E-state index contributed by atoms with van der Waals surface area (Å²) in [5, 5.41) is 5.18. The van der Waals surface area contributed by atoms with Crippen LogP contribution in [0.4, 0.5) is 0 Å². The van der Waals surface area contributed by atoms with Gasteiger partial charge in [0.05, 0.1) is 44.3 Å². The van der Waals surface area contributed by atoms with E-state index in [2.05, 4.69) is 94.1 Å². The normalized spacial score (nSPS) is 11.8. The third-order valence-electron chi connectivity index (χ3n) is 9.85. The minimum atomic E-state index is -0.428. The predicted octanol–water partition coefficient (Wildman–Crippen LogP) is 9.34. The standard InChI is InChI=1S/C44H28N4O2/c49-43-37-15-5-10-20-42(37)47(31-25-21-29(22-26-31)45-38-16-6-1-11-33(38)34-12-2-7-17-39(34)45)44(50)48(43)32-27-23-30(24-28-32)46-40-18-8-3-13-35(40)36-14-4-9-19-41(36)46/h1-28H. The molecule has 236 valence electrons. The minimum Gasteiger partial charge on any atom is -0.309 e. The van der Waals surface area contributed by atoms with Crippen LogP contribution in [0.2, 0.25) is 0 Å². The smallest absolute Gasteiger partial charge is 0.309 e. The lowest BCUT2D eigenvalue weighted by Crippen LogP contribution is -2.38. The molecule has 3 aromatic heterocycles. The number of para-hydroxylation sites is 5. The van der Waals surface area contributed by atoms with Crippen LogP contribution in [0.15, 0.2) is 179 Å². The van der Waals surface area contributed by atoms with Gasteiger partial charge in [0.25, 0.3) is 5.56 Å². The van der Waals surface area contributed by atoms with Gasteiger partial charge in [0.2, 0.25) is 0 Å². The number of fused-ring (bicyclic) bond motifs is 7. The van der Waals surface area contributed by atoms with E-state index < -0.39 is 5.69 Å². The Morgan fingerprint density at radius 3 is 0.880 bits per heavy atom. The second kappa shape index (κ2) is 10.8. The first kappa shape index (κ1) is 28.1. The van der Waals surface area contributed by atoms with E-state index in [0.717, 1.165) is 33.4 Å². The average Bonchev–Trinajstić information content (AvgIpc) is 3.69. The van der Waals surface area contributed by atoms with Gasteiger partial charge in [-0.2, -0.15) is 0 Å². The van der Waals surface area contributed by atoms with E-state index in [1.165, 1.54) is 26.1 Å². The van der Waals surface area contributed by atoms with Crippen molar-refractivity contribution in [2.24, 2.45) is 0 Å². The van der Waals surface area contributed by atoms with Crippen molar-refractivity contribution in [2.45, 2.75) is 0 Å². The molecule has 0 radical (unpaired) electrons. The van der Waals surface area contributed by atoms with Crippen molar-refractivity contribution in [1.29, 1.82) is 0 Å². The van der Waals surface area contributed by atoms with Crippen LogP contribution < -0.4 is 11.2 Å². The Kier molecular flexibility index (Phi) is 6.08. The molecule has 6 nitrogen and oxygen atoms in total. The van der Waals surface area contributed by atoms with E-state index in [-0.39, 0.29) is 5.56 Å². The first-order valence-corrected chi connectivity index (χ1v) is 16.6. The zero-order valence-corrected chi connectivity index (χ0v) is 26.8. The summed E-state index contributed by atoms with van der Waals surface area (Å²) in [6.45, 7) is 0. The number of nitrogens with zero attached hydrogens (tertiary/aromatic N) is 4. The maximum atomic E-state index is 14.4. The van der Waals surface area contributed by atoms with Gasteiger partial charge in [0.1, 0.15) is 0 Å². The van der Waals surface area contributed by atoms with Crippen molar-refractivity contribution in [2.75, 3.05) is 0 Å². The Morgan fingerprint density at radius 1 is 0.260 bits per heavy atom. The van der Waals surface area contributed by atoms with Crippen molar-refractivity contribution >= 4 is 54.5 Å². The predicted molar refractivity (Wildman–Crippen MR) is 204 cm³/mol. The van der Waals surface area contributed by atoms with Gasteiger partial charge in [0, 0.05) is 32.9 Å². The molecule has 0 amide bonds. The van der Waals surface area contributed by atoms with Gasteiger partial charge in [-0.15, -0.1) is 0 Å². The monoisotopic (exact) mass is 644 g/mol. The summed E-state index contributed by atoms with van der Waals surface area (Å²) in [7, 11) is 0. The van der Waals surface area contributed by atoms with E-state index in [9.17, 15) is 9.59 Å². The van der Waals surface area contributed by atoms with Gasteiger partial charge >= 0.3 is 5.69 Å². The van der Waals surface area contributed by atoms with Crippen LogP contribution in [0.1, 0.15) is 0 Å². The van der Waals surface area contributed by atoms with E-state index >= 15 is 0 Å². The highest BCUT2D eigenvalue weighted by Gasteiger charge is 2.18. The first-order valence-electron chi connectivity index (χ1n) is 16.6. The van der Waals surface area contributed by atoms with Crippen LogP contribution in [-0.2, 0) is 0 Å². The SMILES string of the molecule is O=c1c2ccccc2n(-c2ccc(-n3c4ccccc4c4ccccc43)cc2)c(=O)n1-c1ccc(-n2c3ccccc3c3ccccc32)cc1. The summed E-state index contributed by atoms with van der Waals surface area (Å²) in [5.74, 6) is 0. The highest BCUT2D eigenvalue weighted by Crippen LogP contribution is 2.33. The molecule has 0 aliphatic heterocycles. The van der Waals surface area contributed by atoms with Crippen LogP contribution in [0.5, 0.6) is 0 Å². The molecule has 0 saturated heterocycles. The Bertz CT molecular complexity index is 2960. The van der Waals surface area contributed by atoms with E-state index in [4.69, 9.17) is 0 Å². The maximum absolute atomic E-state index is 14.4. The molecule has 0 N–H and O–H groups in total. The molecular weight excluding hydrogens is 617 g/mol. The molecule has 0 atom stereocenters. The number of hydrogen-bond donors (Lipinski definition) is 0. The van der Waals surface area contributed by atoms with E-state index in [0.29, 0.717) is 22.3 Å². The summed E-state index contributed by atoms with van der Waals surface area (Å²) in [6, 6.07) is 56.4. The van der Waals surface area contributed by atoms with Crippen molar-refractivity contribution in [1.82, 2.24) is 18.3 Å². The zero-order valence-electron chi connectivity index (χ0n) is 26.8. The van der Waals surface area contributed by atoms with Crippen LogP contribution in [0.3, 0.4) is 0 Å². The molecule has 0 saturated carbocycles. The van der Waals surface area contributed by atoms with E-state index in [1.54, 1.807) is 10.6 Å². The van der Waals surface area contributed by atoms with Gasteiger partial charge in [0.15, 0.2) is 0 Å². The van der Waals surface area contributed by atoms with Gasteiger partial charge in [-0.05, 0) is 84.9 Å². The molecule has 7 aromatic carbocycles. The van der Waals surface area contributed by atoms with E-state index in [1.807, 2.05) is 78.9 Å². The molecule has 10 rings (SSSR count).